The van der Waals surface area contributed by atoms with Gasteiger partial charge in [0.2, 0.25) is 11.8 Å². The summed E-state index contributed by atoms with van der Waals surface area (Å²) in [6, 6.07) is 13.4. The van der Waals surface area contributed by atoms with Crippen molar-refractivity contribution < 1.29 is 23.9 Å². The van der Waals surface area contributed by atoms with Gasteiger partial charge < -0.3 is 19.3 Å². The van der Waals surface area contributed by atoms with Crippen LogP contribution in [0.3, 0.4) is 0 Å². The van der Waals surface area contributed by atoms with Crippen LogP contribution in [0.15, 0.2) is 42.5 Å². The molecule has 0 radical (unpaired) electrons. The summed E-state index contributed by atoms with van der Waals surface area (Å²) in [6.07, 6.45) is 0.573. The lowest BCUT2D eigenvalue weighted by Crippen LogP contribution is -2.67. The molecule has 3 atom stereocenters. The molecule has 0 saturated carbocycles. The first-order valence-electron chi connectivity index (χ1n) is 13.0. The van der Waals surface area contributed by atoms with E-state index in [-0.39, 0.29) is 29.6 Å². The third kappa shape index (κ3) is 4.97. The fourth-order valence-electron chi connectivity index (χ4n) is 5.53. The standard InChI is InChI=1S/C25H31B4N3O5/c26-20-13-37-24(27)25(28,29)32(20)10-14-4-6-15(7-5-14)12-36-19-3-1-2-16-17(19)11-31(23(16)35)18-8-9-21(33)30-22(18)34/h1-7,18,20,24H,8-13,26-29H2,(H,30,33,34). The molecular formula is C25H31B4N3O5. The molecule has 2 aromatic rings. The number of nitrogens with one attached hydrogen (secondary N) is 1. The molecule has 8 nitrogen and oxygen atoms in total. The van der Waals surface area contributed by atoms with E-state index in [4.69, 9.17) is 9.47 Å². The zero-order chi connectivity index (χ0) is 26.3. The van der Waals surface area contributed by atoms with E-state index in [1.54, 1.807) is 17.0 Å². The summed E-state index contributed by atoms with van der Waals surface area (Å²) in [6.45, 7) is 2.26. The summed E-state index contributed by atoms with van der Waals surface area (Å²) in [5, 5.41) is 2.29. The van der Waals surface area contributed by atoms with E-state index in [2.05, 4.69) is 65.9 Å². The molecule has 12 heteroatoms. The van der Waals surface area contributed by atoms with Gasteiger partial charge in [-0.3, -0.25) is 19.7 Å². The lowest BCUT2D eigenvalue weighted by molar-refractivity contribution is -0.136. The van der Waals surface area contributed by atoms with Crippen molar-refractivity contribution in [1.29, 1.82) is 0 Å². The Bertz CT molecular complexity index is 1230. The second-order valence-corrected chi connectivity index (χ2v) is 10.9. The smallest absolute Gasteiger partial charge is 0.255 e. The highest BCUT2D eigenvalue weighted by molar-refractivity contribution is 6.44. The van der Waals surface area contributed by atoms with Gasteiger partial charge in [-0.25, -0.2) is 0 Å². The molecule has 0 bridgehead atoms. The van der Waals surface area contributed by atoms with Gasteiger partial charge in [0, 0.05) is 36.0 Å². The van der Waals surface area contributed by atoms with Crippen molar-refractivity contribution in [2.75, 3.05) is 6.61 Å². The number of carbonyl (C=O) groups excluding carboxylic acids is 3. The number of fused-ring (bicyclic) bond motifs is 1. The summed E-state index contributed by atoms with van der Waals surface area (Å²) in [5.41, 5.74) is 3.61. The molecule has 37 heavy (non-hydrogen) atoms. The third-order valence-corrected chi connectivity index (χ3v) is 8.16. The van der Waals surface area contributed by atoms with Crippen LogP contribution in [-0.4, -0.2) is 88.8 Å². The van der Waals surface area contributed by atoms with Crippen molar-refractivity contribution in [3.63, 3.8) is 0 Å². The maximum absolute atomic E-state index is 13.0. The molecule has 3 unspecified atom stereocenters. The van der Waals surface area contributed by atoms with E-state index in [1.807, 2.05) is 6.07 Å². The number of benzene rings is 2. The minimum atomic E-state index is -0.639. The van der Waals surface area contributed by atoms with Gasteiger partial charge in [-0.2, -0.15) is 0 Å². The van der Waals surface area contributed by atoms with Crippen LogP contribution in [0.2, 0.25) is 0 Å². The number of hydrogen-bond donors (Lipinski definition) is 1. The van der Waals surface area contributed by atoms with Crippen LogP contribution in [0.1, 0.15) is 39.9 Å². The molecule has 188 valence electrons. The maximum Gasteiger partial charge on any atom is 0.255 e. The van der Waals surface area contributed by atoms with Crippen LogP contribution in [0.4, 0.5) is 0 Å². The molecule has 3 aliphatic rings. The van der Waals surface area contributed by atoms with E-state index < -0.39 is 11.9 Å². The highest BCUT2D eigenvalue weighted by Gasteiger charge is 2.41. The van der Waals surface area contributed by atoms with Gasteiger partial charge in [0.1, 0.15) is 49.8 Å². The van der Waals surface area contributed by atoms with Gasteiger partial charge in [0.25, 0.3) is 5.91 Å². The molecule has 2 fully saturated rings. The molecule has 0 aliphatic carbocycles. The average Bonchev–Trinajstić information content (AvgIpc) is 3.20. The van der Waals surface area contributed by atoms with E-state index in [1.165, 1.54) is 5.56 Å². The number of nitrogens with zero attached hydrogens (tertiary/aromatic N) is 2. The number of amides is 3. The number of morpholine rings is 1. The monoisotopic (exact) mass is 497 g/mol. The highest BCUT2D eigenvalue weighted by atomic mass is 16.5. The first kappa shape index (κ1) is 25.7. The van der Waals surface area contributed by atoms with E-state index in [9.17, 15) is 14.4 Å². The Morgan fingerprint density at radius 3 is 2.51 bits per heavy atom. The van der Waals surface area contributed by atoms with Gasteiger partial charge in [0.15, 0.2) is 0 Å². The Kier molecular flexibility index (Phi) is 6.98. The minimum absolute atomic E-state index is 0.0493. The van der Waals surface area contributed by atoms with Crippen LogP contribution < -0.4 is 10.1 Å². The van der Waals surface area contributed by atoms with Crippen LogP contribution >= 0.6 is 0 Å². The SMILES string of the molecule is BC1COC(B)C(B)(B)N1Cc1ccc(COc2cccc3c2CN(C2CCC(=O)NC2=O)C3=O)cc1. The fourth-order valence-corrected chi connectivity index (χ4v) is 5.53. The topological polar surface area (TPSA) is 88.2 Å². The second kappa shape index (κ2) is 10.1. The van der Waals surface area contributed by atoms with Crippen molar-refractivity contribution in [2.24, 2.45) is 0 Å². The summed E-state index contributed by atoms with van der Waals surface area (Å²) in [4.78, 5) is 40.9. The molecule has 3 heterocycles. The predicted octanol–water partition coefficient (Wildman–Crippen LogP) is -2.30. The molecule has 0 spiro atoms. The van der Waals surface area contributed by atoms with Crippen molar-refractivity contribution in [3.8, 4) is 5.75 Å². The molecule has 3 amide bonds. The van der Waals surface area contributed by atoms with Gasteiger partial charge in [-0.05, 0) is 35.0 Å². The quantitative estimate of drug-likeness (QED) is 0.357. The van der Waals surface area contributed by atoms with Gasteiger partial charge in [0.05, 0.1) is 13.2 Å². The molecular weight excluding hydrogens is 466 g/mol. The number of hydrogen-bond acceptors (Lipinski definition) is 6. The minimum Gasteiger partial charge on any atom is -0.489 e. The van der Waals surface area contributed by atoms with Crippen molar-refractivity contribution in [2.45, 2.75) is 55.9 Å². The van der Waals surface area contributed by atoms with Gasteiger partial charge in [-0.15, -0.1) is 0 Å². The molecule has 2 saturated heterocycles. The van der Waals surface area contributed by atoms with Crippen LogP contribution in [0.25, 0.3) is 0 Å². The predicted molar refractivity (Wildman–Crippen MR) is 149 cm³/mol. The molecule has 0 aromatic heterocycles. The third-order valence-electron chi connectivity index (χ3n) is 8.16. The summed E-state index contributed by atoms with van der Waals surface area (Å²) in [7, 11) is 8.82. The first-order chi connectivity index (χ1) is 17.6. The van der Waals surface area contributed by atoms with Crippen molar-refractivity contribution in [1.82, 2.24) is 15.1 Å². The maximum atomic E-state index is 13.0. The van der Waals surface area contributed by atoms with E-state index >= 15 is 0 Å². The van der Waals surface area contributed by atoms with Crippen LogP contribution in [-0.2, 0) is 34.0 Å². The number of imide groups is 1. The van der Waals surface area contributed by atoms with Crippen LogP contribution in [0, 0.1) is 0 Å². The van der Waals surface area contributed by atoms with E-state index in [0.717, 1.165) is 24.3 Å². The lowest BCUT2D eigenvalue weighted by atomic mass is 9.51. The summed E-state index contributed by atoms with van der Waals surface area (Å²) in [5.74, 6) is 0.0794. The Morgan fingerprint density at radius 1 is 1.05 bits per heavy atom. The molecule has 2 aromatic carbocycles. The zero-order valence-corrected chi connectivity index (χ0v) is 22.0. The van der Waals surface area contributed by atoms with Crippen molar-refractivity contribution in [3.05, 3.63) is 64.7 Å². The zero-order valence-electron chi connectivity index (χ0n) is 22.0. The summed E-state index contributed by atoms with van der Waals surface area (Å²) >= 11 is 0. The normalized spacial score (nSPS) is 25.6. The number of ether oxygens (including phenoxy) is 2. The second-order valence-electron chi connectivity index (χ2n) is 10.9. The van der Waals surface area contributed by atoms with Crippen LogP contribution in [0.5, 0.6) is 5.75 Å². The largest absolute Gasteiger partial charge is 0.489 e. The first-order valence-corrected chi connectivity index (χ1v) is 13.0. The Hall–Kier alpha value is -2.97. The average molecular weight is 497 g/mol. The Labute approximate surface area is 221 Å². The molecule has 1 N–H and O–H groups in total. The van der Waals surface area contributed by atoms with Crippen molar-refractivity contribution >= 4 is 49.1 Å². The fraction of sp³-hybridized carbons (Fsp3) is 0.400. The molecule has 3 aliphatic heterocycles. The number of piperidine rings is 1. The highest BCUT2D eigenvalue weighted by Crippen LogP contribution is 2.34. The van der Waals surface area contributed by atoms with E-state index in [0.29, 0.717) is 36.8 Å². The van der Waals surface area contributed by atoms with Gasteiger partial charge in [-0.1, -0.05) is 30.3 Å². The number of rotatable bonds is 6. The lowest BCUT2D eigenvalue weighted by Gasteiger charge is -2.51. The Balaban J connectivity index is 1.24. The summed E-state index contributed by atoms with van der Waals surface area (Å²) < 4.78 is 12.1. The number of carbonyl (C=O) groups is 3. The Morgan fingerprint density at radius 2 is 1.78 bits per heavy atom. The van der Waals surface area contributed by atoms with Gasteiger partial charge >= 0.3 is 0 Å². The molecule has 5 rings (SSSR count).